The predicted octanol–water partition coefficient (Wildman–Crippen LogP) is 1.69. The van der Waals surface area contributed by atoms with Crippen LogP contribution in [0.15, 0.2) is 46.7 Å². The molecule has 1 aliphatic heterocycles. The zero-order valence-electron chi connectivity index (χ0n) is 13.8. The zero-order valence-corrected chi connectivity index (χ0v) is 14.6. The first-order chi connectivity index (χ1) is 12.3. The van der Waals surface area contributed by atoms with E-state index in [4.69, 9.17) is 21.6 Å². The molecule has 1 aromatic heterocycles. The Morgan fingerprint density at radius 1 is 1.20 bits per heavy atom. The van der Waals surface area contributed by atoms with Crippen molar-refractivity contribution in [1.29, 1.82) is 0 Å². The Balaban J connectivity index is 1.98. The summed E-state index contributed by atoms with van der Waals surface area (Å²) >= 11 is 1.03. The van der Waals surface area contributed by atoms with Gasteiger partial charge in [-0.2, -0.15) is 5.10 Å². The van der Waals surface area contributed by atoms with Crippen LogP contribution in [0.3, 0.4) is 0 Å². The number of hydrazone groups is 1. The summed E-state index contributed by atoms with van der Waals surface area (Å²) in [5.74, 6) is 11.9. The molecule has 1 fully saturated rings. The standard InChI is InChI=1S/C17H22N6OS/c18-22-16(23-19)15-14(5-8-21-17(15)25-20)13-3-1-11(2-4-13)12-6-9-24-10-7-12/h1-5,8,12H,6-7,9-10,18-20H2,(H,22,23). The Labute approximate surface area is 151 Å². The van der Waals surface area contributed by atoms with E-state index in [0.717, 1.165) is 49.1 Å². The first-order valence-corrected chi connectivity index (χ1v) is 8.95. The van der Waals surface area contributed by atoms with Crippen LogP contribution in [0.4, 0.5) is 0 Å². The van der Waals surface area contributed by atoms with Gasteiger partial charge < -0.3 is 16.0 Å². The summed E-state index contributed by atoms with van der Waals surface area (Å²) in [6, 6.07) is 10.4. The molecule has 1 aromatic carbocycles. The minimum absolute atomic E-state index is 0.338. The molecular formula is C17H22N6OS. The summed E-state index contributed by atoms with van der Waals surface area (Å²) in [6.07, 6.45) is 3.84. The molecule has 8 heteroatoms. The molecule has 0 amide bonds. The average molecular weight is 358 g/mol. The second-order valence-corrected chi connectivity index (χ2v) is 6.41. The van der Waals surface area contributed by atoms with Gasteiger partial charge in [-0.1, -0.05) is 24.3 Å². The highest BCUT2D eigenvalue weighted by Crippen LogP contribution is 2.32. The molecule has 1 saturated heterocycles. The number of hydrogen-bond acceptors (Lipinski definition) is 7. The Morgan fingerprint density at radius 3 is 2.52 bits per heavy atom. The zero-order chi connectivity index (χ0) is 17.6. The third kappa shape index (κ3) is 3.77. The number of amidine groups is 1. The summed E-state index contributed by atoms with van der Waals surface area (Å²) in [5, 5.41) is 10.1. The number of rotatable bonds is 4. The van der Waals surface area contributed by atoms with E-state index < -0.39 is 0 Å². The SMILES string of the molecule is N/N=C(\NN)c1c(-c2ccc(C3CCOCC3)cc2)ccnc1SN. The fourth-order valence-electron chi connectivity index (χ4n) is 3.14. The van der Waals surface area contributed by atoms with Gasteiger partial charge in [-0.3, -0.25) is 5.14 Å². The van der Waals surface area contributed by atoms with E-state index in [1.54, 1.807) is 6.20 Å². The van der Waals surface area contributed by atoms with E-state index in [9.17, 15) is 0 Å². The van der Waals surface area contributed by atoms with Crippen molar-refractivity contribution in [3.05, 3.63) is 47.7 Å². The van der Waals surface area contributed by atoms with E-state index >= 15 is 0 Å². The Bertz CT molecular complexity index is 743. The highest BCUT2D eigenvalue weighted by Gasteiger charge is 2.18. The molecule has 0 spiro atoms. The van der Waals surface area contributed by atoms with Crippen LogP contribution in [-0.2, 0) is 4.74 Å². The summed E-state index contributed by atoms with van der Waals surface area (Å²) in [6.45, 7) is 1.66. The summed E-state index contributed by atoms with van der Waals surface area (Å²) < 4.78 is 5.44. The van der Waals surface area contributed by atoms with Gasteiger partial charge in [-0.15, -0.1) is 0 Å². The molecule has 0 unspecified atom stereocenters. The summed E-state index contributed by atoms with van der Waals surface area (Å²) in [7, 11) is 0. The molecular weight excluding hydrogens is 336 g/mol. The van der Waals surface area contributed by atoms with Gasteiger partial charge in [0.1, 0.15) is 5.03 Å². The first-order valence-electron chi connectivity index (χ1n) is 8.07. The van der Waals surface area contributed by atoms with E-state index in [2.05, 4.69) is 39.8 Å². The average Bonchev–Trinajstić information content (AvgIpc) is 2.70. The van der Waals surface area contributed by atoms with Gasteiger partial charge in [0.05, 0.1) is 5.56 Å². The lowest BCUT2D eigenvalue weighted by Crippen LogP contribution is -2.33. The molecule has 132 valence electrons. The maximum Gasteiger partial charge on any atom is 0.170 e. The molecule has 0 atom stereocenters. The smallest absolute Gasteiger partial charge is 0.170 e. The summed E-state index contributed by atoms with van der Waals surface area (Å²) in [4.78, 5) is 4.28. The van der Waals surface area contributed by atoms with Gasteiger partial charge in [0.15, 0.2) is 5.84 Å². The molecule has 2 aromatic rings. The second-order valence-electron chi connectivity index (χ2n) is 5.79. The fourth-order valence-corrected chi connectivity index (χ4v) is 3.59. The first kappa shape index (κ1) is 17.7. The number of nitrogens with zero attached hydrogens (tertiary/aromatic N) is 2. The Hall–Kier alpha value is -2.13. The van der Waals surface area contributed by atoms with Crippen LogP contribution in [-0.4, -0.2) is 24.0 Å². The lowest BCUT2D eigenvalue weighted by molar-refractivity contribution is 0.0853. The molecule has 7 nitrogen and oxygen atoms in total. The van der Waals surface area contributed by atoms with Crippen LogP contribution < -0.4 is 22.3 Å². The van der Waals surface area contributed by atoms with Crippen LogP contribution in [0.5, 0.6) is 0 Å². The Morgan fingerprint density at radius 2 is 1.92 bits per heavy atom. The second kappa shape index (κ2) is 8.30. The minimum atomic E-state index is 0.338. The Kier molecular flexibility index (Phi) is 5.87. The fraction of sp³-hybridized carbons (Fsp3) is 0.294. The molecule has 0 aliphatic carbocycles. The monoisotopic (exact) mass is 358 g/mol. The molecule has 1 aliphatic rings. The summed E-state index contributed by atoms with van der Waals surface area (Å²) in [5.41, 5.74) is 6.49. The highest BCUT2D eigenvalue weighted by atomic mass is 32.2. The number of ether oxygens (including phenoxy) is 1. The van der Waals surface area contributed by atoms with Crippen molar-refractivity contribution in [3.63, 3.8) is 0 Å². The largest absolute Gasteiger partial charge is 0.381 e. The van der Waals surface area contributed by atoms with Crippen LogP contribution in [0, 0.1) is 0 Å². The molecule has 25 heavy (non-hydrogen) atoms. The van der Waals surface area contributed by atoms with Gasteiger partial charge in [0.2, 0.25) is 0 Å². The number of nitrogens with one attached hydrogen (secondary N) is 1. The van der Waals surface area contributed by atoms with Crippen molar-refractivity contribution in [3.8, 4) is 11.1 Å². The number of hydrogen-bond donors (Lipinski definition) is 4. The maximum atomic E-state index is 5.74. The van der Waals surface area contributed by atoms with Gasteiger partial charge in [-0.25, -0.2) is 10.8 Å². The van der Waals surface area contributed by atoms with Crippen molar-refractivity contribution in [2.45, 2.75) is 23.8 Å². The van der Waals surface area contributed by atoms with Crippen molar-refractivity contribution in [2.75, 3.05) is 13.2 Å². The minimum Gasteiger partial charge on any atom is -0.381 e. The highest BCUT2D eigenvalue weighted by molar-refractivity contribution is 7.97. The van der Waals surface area contributed by atoms with Gasteiger partial charge in [-0.05, 0) is 53.5 Å². The van der Waals surface area contributed by atoms with E-state index in [1.165, 1.54) is 5.56 Å². The molecule has 0 bridgehead atoms. The lowest BCUT2D eigenvalue weighted by atomic mass is 9.90. The van der Waals surface area contributed by atoms with Crippen LogP contribution >= 0.6 is 11.9 Å². The van der Waals surface area contributed by atoms with Crippen molar-refractivity contribution in [1.82, 2.24) is 10.4 Å². The number of benzene rings is 1. The van der Waals surface area contributed by atoms with Gasteiger partial charge >= 0.3 is 0 Å². The predicted molar refractivity (Wildman–Crippen MR) is 101 cm³/mol. The number of aromatic nitrogens is 1. The molecule has 0 saturated carbocycles. The number of hydrazine groups is 1. The maximum absolute atomic E-state index is 5.74. The molecule has 0 radical (unpaired) electrons. The van der Waals surface area contributed by atoms with E-state index in [0.29, 0.717) is 22.3 Å². The van der Waals surface area contributed by atoms with Crippen molar-refractivity contribution < 1.29 is 4.74 Å². The van der Waals surface area contributed by atoms with Gasteiger partial charge in [0, 0.05) is 19.4 Å². The van der Waals surface area contributed by atoms with Crippen LogP contribution in [0.25, 0.3) is 11.1 Å². The van der Waals surface area contributed by atoms with Gasteiger partial charge in [0.25, 0.3) is 0 Å². The molecule has 7 N–H and O–H groups in total. The van der Waals surface area contributed by atoms with E-state index in [1.807, 2.05) is 6.07 Å². The quantitative estimate of drug-likeness (QED) is 0.215. The van der Waals surface area contributed by atoms with Crippen molar-refractivity contribution in [2.24, 2.45) is 21.9 Å². The number of pyridine rings is 1. The van der Waals surface area contributed by atoms with E-state index in [-0.39, 0.29) is 0 Å². The third-order valence-corrected chi connectivity index (χ3v) is 4.98. The normalized spacial score (nSPS) is 16.0. The number of nitrogens with two attached hydrogens (primary N) is 3. The molecule has 2 heterocycles. The van der Waals surface area contributed by atoms with Crippen molar-refractivity contribution >= 4 is 17.8 Å². The third-order valence-electron chi connectivity index (χ3n) is 4.44. The topological polar surface area (TPSA) is 125 Å². The lowest BCUT2D eigenvalue weighted by Gasteiger charge is -2.22. The molecule has 3 rings (SSSR count). The van der Waals surface area contributed by atoms with Crippen LogP contribution in [0.2, 0.25) is 0 Å². The van der Waals surface area contributed by atoms with Crippen LogP contribution in [0.1, 0.15) is 29.9 Å².